The number of thiocarbonyl (C=S) groups is 1. The predicted octanol–water partition coefficient (Wildman–Crippen LogP) is 0.631. The number of anilines is 1. The number of nitrogens with one attached hydrogen (secondary N) is 1. The zero-order valence-electron chi connectivity index (χ0n) is 12.7. The molecule has 0 aromatic carbocycles. The first kappa shape index (κ1) is 18.2. The summed E-state index contributed by atoms with van der Waals surface area (Å²) in [5.41, 5.74) is 5.50. The van der Waals surface area contributed by atoms with Crippen LogP contribution in [0.15, 0.2) is 11.2 Å². The Hall–Kier alpha value is -1.88. The van der Waals surface area contributed by atoms with Gasteiger partial charge in [0.2, 0.25) is 0 Å². The van der Waals surface area contributed by atoms with Gasteiger partial charge in [-0.1, -0.05) is 0 Å². The summed E-state index contributed by atoms with van der Waals surface area (Å²) in [6.45, 7) is 5.05. The molecule has 0 aliphatic heterocycles. The van der Waals surface area contributed by atoms with E-state index in [1.165, 1.54) is 13.2 Å². The standard InChI is InChI=1S/C11H19N5O4S2/c1-5-20-11(17)14-8-6-13-15(4)9(8)22(18,19)16(7(2)3)10(12)21/h6-7H,5H2,1-4H3,(H2,12,21)(H,14,17). The molecule has 0 fully saturated rings. The second kappa shape index (κ2) is 6.92. The molecule has 1 rings (SSSR count). The lowest BCUT2D eigenvalue weighted by Gasteiger charge is -2.26. The quantitative estimate of drug-likeness (QED) is 0.748. The van der Waals surface area contributed by atoms with E-state index in [0.717, 1.165) is 8.99 Å². The van der Waals surface area contributed by atoms with Gasteiger partial charge in [-0.3, -0.25) is 10.00 Å². The maximum absolute atomic E-state index is 12.8. The number of hydrogen-bond donors (Lipinski definition) is 2. The van der Waals surface area contributed by atoms with Gasteiger partial charge in [-0.25, -0.2) is 9.10 Å². The number of aromatic nitrogens is 2. The number of carbonyl (C=O) groups is 1. The first-order valence-electron chi connectivity index (χ1n) is 6.42. The number of nitrogens with zero attached hydrogens (tertiary/aromatic N) is 3. The summed E-state index contributed by atoms with van der Waals surface area (Å²) < 4.78 is 32.3. The number of rotatable bonds is 5. The summed E-state index contributed by atoms with van der Waals surface area (Å²) in [4.78, 5) is 11.5. The minimum absolute atomic E-state index is 0.0112. The van der Waals surface area contributed by atoms with E-state index in [-0.39, 0.29) is 22.4 Å². The van der Waals surface area contributed by atoms with E-state index in [0.29, 0.717) is 0 Å². The van der Waals surface area contributed by atoms with Crippen LogP contribution in [0.5, 0.6) is 0 Å². The summed E-state index contributed by atoms with van der Waals surface area (Å²) in [5.74, 6) is 0. The Bertz CT molecular complexity index is 668. The lowest BCUT2D eigenvalue weighted by molar-refractivity contribution is 0.168. The molecular formula is C11H19N5O4S2. The highest BCUT2D eigenvalue weighted by Gasteiger charge is 2.34. The van der Waals surface area contributed by atoms with Crippen LogP contribution >= 0.6 is 12.2 Å². The lowest BCUT2D eigenvalue weighted by atomic mass is 10.4. The molecule has 11 heteroatoms. The van der Waals surface area contributed by atoms with Crippen molar-refractivity contribution in [3.8, 4) is 0 Å². The van der Waals surface area contributed by atoms with Crippen molar-refractivity contribution in [3.05, 3.63) is 6.20 Å². The normalized spacial score (nSPS) is 11.3. The summed E-state index contributed by atoms with van der Waals surface area (Å²) in [6.07, 6.45) is 0.431. The molecular weight excluding hydrogens is 330 g/mol. The zero-order chi connectivity index (χ0) is 17.1. The predicted molar refractivity (Wildman–Crippen MR) is 84.8 cm³/mol. The number of carbonyl (C=O) groups excluding carboxylic acids is 1. The largest absolute Gasteiger partial charge is 0.450 e. The Morgan fingerprint density at radius 1 is 1.59 bits per heavy atom. The Labute approximate surface area is 134 Å². The molecule has 1 heterocycles. The Kier molecular flexibility index (Phi) is 5.72. The van der Waals surface area contributed by atoms with Crippen molar-refractivity contribution in [2.75, 3.05) is 11.9 Å². The van der Waals surface area contributed by atoms with Crippen molar-refractivity contribution in [1.82, 2.24) is 14.1 Å². The van der Waals surface area contributed by atoms with Gasteiger partial charge in [0.15, 0.2) is 10.1 Å². The summed E-state index contributed by atoms with van der Waals surface area (Å²) >= 11 is 4.81. The third kappa shape index (κ3) is 3.65. The van der Waals surface area contributed by atoms with Crippen molar-refractivity contribution in [2.45, 2.75) is 31.8 Å². The molecule has 0 radical (unpaired) electrons. The van der Waals surface area contributed by atoms with Crippen molar-refractivity contribution in [1.29, 1.82) is 0 Å². The molecule has 9 nitrogen and oxygen atoms in total. The van der Waals surface area contributed by atoms with Crippen molar-refractivity contribution < 1.29 is 17.9 Å². The molecule has 0 saturated heterocycles. The third-order valence-corrected chi connectivity index (χ3v) is 5.01. The van der Waals surface area contributed by atoms with Crippen molar-refractivity contribution in [3.63, 3.8) is 0 Å². The van der Waals surface area contributed by atoms with Gasteiger partial charge in [-0.15, -0.1) is 0 Å². The molecule has 1 aromatic rings. The van der Waals surface area contributed by atoms with Gasteiger partial charge in [0.1, 0.15) is 5.69 Å². The van der Waals surface area contributed by atoms with E-state index < -0.39 is 22.2 Å². The minimum atomic E-state index is -4.08. The number of nitrogens with two attached hydrogens (primary N) is 1. The first-order chi connectivity index (χ1) is 10.1. The van der Waals surface area contributed by atoms with E-state index in [1.807, 2.05) is 0 Å². The van der Waals surface area contributed by atoms with Crippen LogP contribution in [-0.2, 0) is 21.8 Å². The molecule has 22 heavy (non-hydrogen) atoms. The average Bonchev–Trinajstić information content (AvgIpc) is 2.69. The smallest absolute Gasteiger partial charge is 0.411 e. The fraction of sp³-hybridized carbons (Fsp3) is 0.545. The first-order valence-corrected chi connectivity index (χ1v) is 8.27. The molecule has 0 aliphatic carbocycles. The van der Waals surface area contributed by atoms with Gasteiger partial charge < -0.3 is 10.5 Å². The SMILES string of the molecule is CCOC(=O)Nc1cnn(C)c1S(=O)(=O)N(C(N)=S)C(C)C. The molecule has 0 atom stereocenters. The van der Waals surface area contributed by atoms with Crippen LogP contribution in [-0.4, -0.2) is 46.4 Å². The number of amides is 1. The van der Waals surface area contributed by atoms with Gasteiger partial charge in [0.05, 0.1) is 12.8 Å². The number of hydrogen-bond acceptors (Lipinski definition) is 6. The number of ether oxygens (including phenoxy) is 1. The molecule has 1 amide bonds. The summed E-state index contributed by atoms with van der Waals surface area (Å²) in [5, 5.41) is 5.66. The molecule has 0 bridgehead atoms. The van der Waals surface area contributed by atoms with Crippen LogP contribution in [0.2, 0.25) is 0 Å². The van der Waals surface area contributed by atoms with Crippen LogP contribution in [0, 0.1) is 0 Å². The summed E-state index contributed by atoms with van der Waals surface area (Å²) in [7, 11) is -2.65. The van der Waals surface area contributed by atoms with Crippen LogP contribution in [0.4, 0.5) is 10.5 Å². The maximum atomic E-state index is 12.8. The molecule has 0 aliphatic rings. The minimum Gasteiger partial charge on any atom is -0.450 e. The van der Waals surface area contributed by atoms with Crippen LogP contribution in [0.3, 0.4) is 0 Å². The van der Waals surface area contributed by atoms with E-state index in [1.54, 1.807) is 20.8 Å². The fourth-order valence-electron chi connectivity index (χ4n) is 1.84. The second-order valence-electron chi connectivity index (χ2n) is 4.57. The van der Waals surface area contributed by atoms with Gasteiger partial charge in [-0.05, 0) is 33.0 Å². The van der Waals surface area contributed by atoms with E-state index in [2.05, 4.69) is 10.4 Å². The average molecular weight is 349 g/mol. The summed E-state index contributed by atoms with van der Waals surface area (Å²) in [6, 6.07) is -0.493. The Balaban J connectivity index is 3.33. The Morgan fingerprint density at radius 3 is 2.64 bits per heavy atom. The Morgan fingerprint density at radius 2 is 2.18 bits per heavy atom. The fourth-order valence-corrected chi connectivity index (χ4v) is 4.08. The number of sulfonamides is 1. The molecule has 0 spiro atoms. The van der Waals surface area contributed by atoms with Crippen LogP contribution < -0.4 is 11.1 Å². The van der Waals surface area contributed by atoms with E-state index in [4.69, 9.17) is 22.7 Å². The second-order valence-corrected chi connectivity index (χ2v) is 6.71. The highest BCUT2D eigenvalue weighted by molar-refractivity contribution is 7.91. The number of aryl methyl sites for hydroxylation is 1. The molecule has 1 aromatic heterocycles. The molecule has 124 valence electrons. The van der Waals surface area contributed by atoms with E-state index >= 15 is 0 Å². The lowest BCUT2D eigenvalue weighted by Crippen LogP contribution is -2.45. The van der Waals surface area contributed by atoms with Gasteiger partial charge >= 0.3 is 6.09 Å². The molecule has 0 saturated carbocycles. The van der Waals surface area contributed by atoms with Crippen LogP contribution in [0.25, 0.3) is 0 Å². The zero-order valence-corrected chi connectivity index (χ0v) is 14.4. The van der Waals surface area contributed by atoms with Gasteiger partial charge in [0, 0.05) is 13.1 Å². The highest BCUT2D eigenvalue weighted by Crippen LogP contribution is 2.25. The highest BCUT2D eigenvalue weighted by atomic mass is 32.2. The molecule has 3 N–H and O–H groups in total. The topological polar surface area (TPSA) is 120 Å². The monoisotopic (exact) mass is 349 g/mol. The van der Waals surface area contributed by atoms with Crippen LogP contribution in [0.1, 0.15) is 20.8 Å². The maximum Gasteiger partial charge on any atom is 0.411 e. The van der Waals surface area contributed by atoms with E-state index in [9.17, 15) is 13.2 Å². The van der Waals surface area contributed by atoms with Crippen molar-refractivity contribution in [2.24, 2.45) is 12.8 Å². The van der Waals surface area contributed by atoms with Crippen molar-refractivity contribution >= 4 is 39.1 Å². The molecule has 0 unspecified atom stereocenters. The third-order valence-electron chi connectivity index (χ3n) is 2.59. The van der Waals surface area contributed by atoms with Gasteiger partial charge in [0.25, 0.3) is 10.0 Å². The van der Waals surface area contributed by atoms with Gasteiger partial charge in [-0.2, -0.15) is 13.5 Å².